The zero-order valence-corrected chi connectivity index (χ0v) is 24.1. The highest BCUT2D eigenvalue weighted by Crippen LogP contribution is 2.36. The number of carboxylic acids is 2. The van der Waals surface area contributed by atoms with E-state index in [4.69, 9.17) is 10.2 Å². The van der Waals surface area contributed by atoms with Crippen molar-refractivity contribution in [3.05, 3.63) is 59.7 Å². The highest BCUT2D eigenvalue weighted by Gasteiger charge is 2.23. The summed E-state index contributed by atoms with van der Waals surface area (Å²) in [7, 11) is 0. The van der Waals surface area contributed by atoms with Crippen LogP contribution in [0.25, 0.3) is 21.5 Å². The molecule has 0 heterocycles. The molecule has 2 atom stereocenters. The lowest BCUT2D eigenvalue weighted by Gasteiger charge is -2.27. The van der Waals surface area contributed by atoms with Gasteiger partial charge in [-0.2, -0.15) is 0 Å². The zero-order valence-electron chi connectivity index (χ0n) is 24.1. The molecule has 3 aromatic rings. The van der Waals surface area contributed by atoms with Crippen molar-refractivity contribution >= 4 is 33.5 Å². The zero-order chi connectivity index (χ0) is 28.1. The van der Waals surface area contributed by atoms with Gasteiger partial charge in [-0.1, -0.05) is 104 Å². The average molecular weight is 519 g/mol. The van der Waals surface area contributed by atoms with E-state index in [0.29, 0.717) is 0 Å². The molecule has 4 heteroatoms. The van der Waals surface area contributed by atoms with Crippen molar-refractivity contribution in [3.8, 4) is 0 Å². The highest BCUT2D eigenvalue weighted by molar-refractivity contribution is 5.98. The Morgan fingerprint density at radius 2 is 1.00 bits per heavy atom. The molecule has 0 aromatic heterocycles. The number of carbonyl (C=O) groups is 2. The van der Waals surface area contributed by atoms with Gasteiger partial charge in [-0.15, -0.1) is 0 Å². The lowest BCUT2D eigenvalue weighted by atomic mass is 9.78. The summed E-state index contributed by atoms with van der Waals surface area (Å²) in [5.41, 5.74) is 2.69. The summed E-state index contributed by atoms with van der Waals surface area (Å²) in [5.74, 6) is -1.01. The van der Waals surface area contributed by atoms with Gasteiger partial charge < -0.3 is 10.2 Å². The summed E-state index contributed by atoms with van der Waals surface area (Å²) in [6.07, 6.45) is 6.45. The summed E-state index contributed by atoms with van der Waals surface area (Å²) < 4.78 is 0. The number of fused-ring (bicyclic) bond motifs is 2. The lowest BCUT2D eigenvalue weighted by Crippen LogP contribution is -2.18. The summed E-state index contributed by atoms with van der Waals surface area (Å²) >= 11 is 0. The van der Waals surface area contributed by atoms with E-state index in [9.17, 15) is 9.59 Å². The number of benzene rings is 3. The molecule has 0 saturated heterocycles. The van der Waals surface area contributed by atoms with Gasteiger partial charge in [0.1, 0.15) is 0 Å². The van der Waals surface area contributed by atoms with Crippen molar-refractivity contribution in [1.82, 2.24) is 0 Å². The minimum absolute atomic E-state index is 0.0215. The normalized spacial score (nSPS) is 14.1. The molecule has 206 valence electrons. The average Bonchev–Trinajstić information content (AvgIpc) is 2.80. The van der Waals surface area contributed by atoms with Crippen molar-refractivity contribution in [2.24, 2.45) is 11.8 Å². The Bertz CT molecular complexity index is 1180. The van der Waals surface area contributed by atoms with Crippen LogP contribution in [0.5, 0.6) is 0 Å². The molecule has 4 nitrogen and oxygen atoms in total. The minimum atomic E-state index is -0.713. The van der Waals surface area contributed by atoms with E-state index in [1.54, 1.807) is 0 Å². The van der Waals surface area contributed by atoms with Crippen molar-refractivity contribution in [2.45, 2.75) is 104 Å². The Hall–Kier alpha value is -2.88. The molecule has 0 bridgehead atoms. The molecule has 0 aliphatic rings. The smallest absolute Gasteiger partial charge is 0.303 e. The molecule has 2 unspecified atom stereocenters. The maximum atomic E-state index is 11.0. The molecule has 0 aliphatic heterocycles. The fourth-order valence-corrected chi connectivity index (χ4v) is 5.71. The Kier molecular flexibility index (Phi) is 9.62. The quantitative estimate of drug-likeness (QED) is 0.209. The Morgan fingerprint density at radius 3 is 1.37 bits per heavy atom. The van der Waals surface area contributed by atoms with E-state index in [2.05, 4.69) is 76.2 Å². The molecule has 0 amide bonds. The van der Waals surface area contributed by atoms with Crippen molar-refractivity contribution in [3.63, 3.8) is 0 Å². The summed E-state index contributed by atoms with van der Waals surface area (Å²) in [6.45, 7) is 13.2. The molecule has 0 aliphatic carbocycles. The second kappa shape index (κ2) is 12.3. The van der Waals surface area contributed by atoms with E-state index in [-0.39, 0.29) is 35.5 Å². The fourth-order valence-electron chi connectivity index (χ4n) is 5.71. The number of aliphatic carboxylic acids is 2. The monoisotopic (exact) mass is 518 g/mol. The molecule has 3 aromatic carbocycles. The van der Waals surface area contributed by atoms with Crippen LogP contribution in [-0.4, -0.2) is 22.2 Å². The third-order valence-corrected chi connectivity index (χ3v) is 8.40. The van der Waals surface area contributed by atoms with Crippen LogP contribution in [0.15, 0.2) is 48.5 Å². The Balaban J connectivity index is 1.76. The second-order valence-corrected chi connectivity index (χ2v) is 12.9. The molecular formula is C34H46O4. The Morgan fingerprint density at radius 1 is 0.632 bits per heavy atom. The van der Waals surface area contributed by atoms with Gasteiger partial charge in [0.05, 0.1) is 0 Å². The van der Waals surface area contributed by atoms with Crippen LogP contribution in [0, 0.1) is 11.8 Å². The van der Waals surface area contributed by atoms with Crippen molar-refractivity contribution < 1.29 is 19.8 Å². The first-order valence-corrected chi connectivity index (χ1v) is 14.2. The highest BCUT2D eigenvalue weighted by atomic mass is 16.4. The molecule has 3 rings (SSSR count). The summed E-state index contributed by atoms with van der Waals surface area (Å²) in [4.78, 5) is 21.9. The predicted octanol–water partition coefficient (Wildman–Crippen LogP) is 9.11. The maximum absolute atomic E-state index is 11.0. The van der Waals surface area contributed by atoms with Crippen LogP contribution < -0.4 is 0 Å². The van der Waals surface area contributed by atoms with Crippen LogP contribution in [-0.2, 0) is 20.4 Å². The SMILES string of the molecule is CC(CCCC(C)(C)c1ccc2cc3ccc(C(C)(C)CCCC(C)CC(=O)O)cc3cc2c1)CC(=O)O. The maximum Gasteiger partial charge on any atom is 0.303 e. The van der Waals surface area contributed by atoms with Crippen LogP contribution in [0.4, 0.5) is 0 Å². The van der Waals surface area contributed by atoms with E-state index >= 15 is 0 Å². The van der Waals surface area contributed by atoms with E-state index in [0.717, 1.165) is 38.5 Å². The molecule has 0 fully saturated rings. The predicted molar refractivity (Wildman–Crippen MR) is 158 cm³/mol. The summed E-state index contributed by atoms with van der Waals surface area (Å²) in [6, 6.07) is 18.2. The molecule has 2 N–H and O–H groups in total. The molecule has 0 radical (unpaired) electrons. The molecule has 0 spiro atoms. The lowest BCUT2D eigenvalue weighted by molar-refractivity contribution is -0.139. The molecular weight excluding hydrogens is 472 g/mol. The van der Waals surface area contributed by atoms with E-state index in [1.807, 2.05) is 13.8 Å². The van der Waals surface area contributed by atoms with Gasteiger partial charge in [0.15, 0.2) is 0 Å². The number of hydrogen-bond donors (Lipinski definition) is 2. The first kappa shape index (κ1) is 29.7. The van der Waals surface area contributed by atoms with Crippen LogP contribution >= 0.6 is 0 Å². The van der Waals surface area contributed by atoms with Gasteiger partial charge in [-0.3, -0.25) is 9.59 Å². The van der Waals surface area contributed by atoms with Gasteiger partial charge in [-0.05, 0) is 80.3 Å². The van der Waals surface area contributed by atoms with Gasteiger partial charge in [0.2, 0.25) is 0 Å². The standard InChI is InChI=1S/C34H46O4/c1-23(17-31(35)36)9-7-15-33(3,4)29-13-11-25-19-26-12-14-30(22-28(26)20-27(25)21-29)34(5,6)16-8-10-24(2)18-32(37)38/h11-14,19-24H,7-10,15-18H2,1-6H3,(H,35,36)(H,37,38). The Labute approximate surface area is 228 Å². The molecule has 38 heavy (non-hydrogen) atoms. The van der Waals surface area contributed by atoms with E-state index < -0.39 is 11.9 Å². The van der Waals surface area contributed by atoms with Crippen molar-refractivity contribution in [1.29, 1.82) is 0 Å². The van der Waals surface area contributed by atoms with Crippen LogP contribution in [0.3, 0.4) is 0 Å². The van der Waals surface area contributed by atoms with Gasteiger partial charge in [0.25, 0.3) is 0 Å². The van der Waals surface area contributed by atoms with Crippen molar-refractivity contribution in [2.75, 3.05) is 0 Å². The molecule has 0 saturated carbocycles. The van der Waals surface area contributed by atoms with Crippen LogP contribution in [0.2, 0.25) is 0 Å². The number of hydrogen-bond acceptors (Lipinski definition) is 2. The van der Waals surface area contributed by atoms with Crippen LogP contribution in [0.1, 0.15) is 104 Å². The first-order chi connectivity index (χ1) is 17.8. The summed E-state index contributed by atoms with van der Waals surface area (Å²) in [5, 5.41) is 23.0. The third kappa shape index (κ3) is 8.06. The first-order valence-electron chi connectivity index (χ1n) is 14.2. The minimum Gasteiger partial charge on any atom is -0.481 e. The number of rotatable bonds is 14. The second-order valence-electron chi connectivity index (χ2n) is 12.9. The third-order valence-electron chi connectivity index (χ3n) is 8.40. The largest absolute Gasteiger partial charge is 0.481 e. The topological polar surface area (TPSA) is 74.6 Å². The number of carboxylic acid groups (broad SMARTS) is 2. The van der Waals surface area contributed by atoms with E-state index in [1.165, 1.54) is 32.7 Å². The van der Waals surface area contributed by atoms with Gasteiger partial charge >= 0.3 is 11.9 Å². The fraction of sp³-hybridized carbons (Fsp3) is 0.529. The van der Waals surface area contributed by atoms with Gasteiger partial charge in [0, 0.05) is 12.8 Å². The van der Waals surface area contributed by atoms with Gasteiger partial charge in [-0.25, -0.2) is 0 Å².